The molecule has 0 unspecified atom stereocenters. The molecule has 0 aliphatic carbocycles. The predicted molar refractivity (Wildman–Crippen MR) is 106 cm³/mol. The first-order valence-corrected chi connectivity index (χ1v) is 9.30. The number of ether oxygens (including phenoxy) is 2. The Kier molecular flexibility index (Phi) is 8.71. The van der Waals surface area contributed by atoms with E-state index < -0.39 is 4.92 Å². The van der Waals surface area contributed by atoms with Gasteiger partial charge in [0, 0.05) is 12.6 Å². The Bertz CT molecular complexity index is 765. The maximum absolute atomic E-state index is 11.7. The molecule has 8 nitrogen and oxygen atoms in total. The molecule has 2 aromatic rings. The maximum Gasteiger partial charge on any atom is 0.344 e. The zero-order valence-corrected chi connectivity index (χ0v) is 15.9. The summed E-state index contributed by atoms with van der Waals surface area (Å²) in [6, 6.07) is 10.6. The van der Waals surface area contributed by atoms with E-state index in [4.69, 9.17) is 9.47 Å². The molecule has 0 saturated carbocycles. The molecule has 8 heteroatoms. The molecule has 0 saturated heterocycles. The smallest absolute Gasteiger partial charge is 0.344 e. The highest BCUT2D eigenvalue weighted by atomic mass is 16.6. The summed E-state index contributed by atoms with van der Waals surface area (Å²) in [5, 5.41) is 13.7. The number of hydrogen-bond acceptors (Lipinski definition) is 7. The zero-order valence-electron chi connectivity index (χ0n) is 15.9. The van der Waals surface area contributed by atoms with Crippen molar-refractivity contribution in [3.05, 3.63) is 58.3 Å². The summed E-state index contributed by atoms with van der Waals surface area (Å²) in [5.74, 6) is 0.888. The lowest BCUT2D eigenvalue weighted by molar-refractivity contribution is -0.385. The third kappa shape index (κ3) is 7.61. The van der Waals surface area contributed by atoms with Gasteiger partial charge in [0.15, 0.2) is 6.61 Å². The van der Waals surface area contributed by atoms with Gasteiger partial charge in [-0.1, -0.05) is 19.1 Å². The van der Waals surface area contributed by atoms with Gasteiger partial charge >= 0.3 is 5.97 Å². The van der Waals surface area contributed by atoms with E-state index >= 15 is 0 Å². The number of carbonyl (C=O) groups is 1. The van der Waals surface area contributed by atoms with E-state index in [1.807, 2.05) is 24.3 Å². The Morgan fingerprint density at radius 2 is 2.07 bits per heavy atom. The lowest BCUT2D eigenvalue weighted by Gasteiger charge is -2.08. The monoisotopic (exact) mass is 387 g/mol. The Balaban J connectivity index is 1.51. The van der Waals surface area contributed by atoms with Crippen LogP contribution < -0.4 is 10.1 Å². The molecule has 0 radical (unpaired) electrons. The van der Waals surface area contributed by atoms with Crippen molar-refractivity contribution in [3.63, 3.8) is 0 Å². The van der Waals surface area contributed by atoms with Crippen molar-refractivity contribution in [2.24, 2.45) is 0 Å². The van der Waals surface area contributed by atoms with Crippen LogP contribution in [-0.2, 0) is 16.0 Å². The molecule has 0 atom stereocenters. The van der Waals surface area contributed by atoms with Crippen LogP contribution in [0.1, 0.15) is 31.7 Å². The van der Waals surface area contributed by atoms with Gasteiger partial charge in [0.1, 0.15) is 17.8 Å². The molecule has 0 aliphatic rings. The fourth-order valence-electron chi connectivity index (χ4n) is 2.44. The maximum atomic E-state index is 11.7. The molecule has 0 fully saturated rings. The lowest BCUT2D eigenvalue weighted by Crippen LogP contribution is -2.15. The van der Waals surface area contributed by atoms with Gasteiger partial charge in [0.05, 0.1) is 11.5 Å². The molecule has 0 bridgehead atoms. The summed E-state index contributed by atoms with van der Waals surface area (Å²) in [4.78, 5) is 25.8. The Morgan fingerprint density at radius 3 is 2.79 bits per heavy atom. The van der Waals surface area contributed by atoms with Crippen molar-refractivity contribution in [3.8, 4) is 5.75 Å². The SMILES string of the molecule is CCc1cccc(OCC(=O)OCCCCCNc2ccc([N+](=O)[O-])cn2)c1. The molecule has 28 heavy (non-hydrogen) atoms. The van der Waals surface area contributed by atoms with Crippen LogP contribution in [0.3, 0.4) is 0 Å². The molecule has 150 valence electrons. The molecule has 1 heterocycles. The number of nitrogens with one attached hydrogen (secondary N) is 1. The first-order valence-electron chi connectivity index (χ1n) is 9.30. The fourth-order valence-corrected chi connectivity index (χ4v) is 2.44. The van der Waals surface area contributed by atoms with Crippen molar-refractivity contribution in [2.75, 3.05) is 25.1 Å². The quantitative estimate of drug-likeness (QED) is 0.256. The topological polar surface area (TPSA) is 104 Å². The number of aryl methyl sites for hydroxylation is 1. The number of nitrogens with zero attached hydrogens (tertiary/aromatic N) is 2. The number of rotatable bonds is 12. The van der Waals surface area contributed by atoms with Crippen LogP contribution >= 0.6 is 0 Å². The van der Waals surface area contributed by atoms with E-state index in [-0.39, 0.29) is 18.3 Å². The number of pyridine rings is 1. The van der Waals surface area contributed by atoms with E-state index in [1.165, 1.54) is 12.3 Å². The van der Waals surface area contributed by atoms with Gasteiger partial charge in [-0.05, 0) is 49.4 Å². The number of nitro groups is 1. The minimum atomic E-state index is -0.481. The standard InChI is InChI=1S/C20H25N3O5/c1-2-16-7-6-8-18(13-16)28-15-20(24)27-12-5-3-4-11-21-19-10-9-17(14-22-19)23(25)26/h6-10,13-14H,2-5,11-12,15H2,1H3,(H,21,22). The molecule has 1 aromatic carbocycles. The number of unbranched alkanes of at least 4 members (excludes halogenated alkanes) is 2. The average Bonchev–Trinajstić information content (AvgIpc) is 2.72. The first-order chi connectivity index (χ1) is 13.6. The lowest BCUT2D eigenvalue weighted by atomic mass is 10.2. The molecular weight excluding hydrogens is 362 g/mol. The molecule has 0 amide bonds. The fraction of sp³-hybridized carbons (Fsp3) is 0.400. The highest BCUT2D eigenvalue weighted by Gasteiger charge is 2.06. The van der Waals surface area contributed by atoms with Crippen LogP contribution in [0.4, 0.5) is 11.5 Å². The second-order valence-corrected chi connectivity index (χ2v) is 6.16. The van der Waals surface area contributed by atoms with Gasteiger partial charge in [-0.2, -0.15) is 0 Å². The average molecular weight is 387 g/mol. The molecule has 1 N–H and O–H groups in total. The second-order valence-electron chi connectivity index (χ2n) is 6.16. The Labute approximate surface area is 164 Å². The van der Waals surface area contributed by atoms with Crippen LogP contribution in [0.15, 0.2) is 42.6 Å². The third-order valence-electron chi connectivity index (χ3n) is 4.01. The number of benzene rings is 1. The summed E-state index contributed by atoms with van der Waals surface area (Å²) < 4.78 is 10.6. The highest BCUT2D eigenvalue weighted by Crippen LogP contribution is 2.14. The molecule has 2 rings (SSSR count). The first kappa shape index (κ1) is 21.1. The van der Waals surface area contributed by atoms with Crippen molar-refractivity contribution in [1.29, 1.82) is 0 Å². The van der Waals surface area contributed by atoms with Crippen LogP contribution in [-0.4, -0.2) is 35.6 Å². The van der Waals surface area contributed by atoms with E-state index in [0.29, 0.717) is 24.7 Å². The van der Waals surface area contributed by atoms with E-state index in [9.17, 15) is 14.9 Å². The van der Waals surface area contributed by atoms with Gasteiger partial charge in [-0.25, -0.2) is 9.78 Å². The van der Waals surface area contributed by atoms with Crippen molar-refractivity contribution < 1.29 is 19.2 Å². The van der Waals surface area contributed by atoms with E-state index in [1.54, 1.807) is 6.07 Å². The molecular formula is C20H25N3O5. The number of hydrogen-bond donors (Lipinski definition) is 1. The molecule has 0 aliphatic heterocycles. The van der Waals surface area contributed by atoms with Crippen LogP contribution in [0.5, 0.6) is 5.75 Å². The van der Waals surface area contributed by atoms with Gasteiger partial charge in [-0.15, -0.1) is 0 Å². The van der Waals surface area contributed by atoms with Crippen molar-refractivity contribution in [1.82, 2.24) is 4.98 Å². The van der Waals surface area contributed by atoms with Crippen molar-refractivity contribution >= 4 is 17.5 Å². The minimum Gasteiger partial charge on any atom is -0.482 e. The van der Waals surface area contributed by atoms with Crippen LogP contribution in [0.25, 0.3) is 0 Å². The number of carbonyl (C=O) groups excluding carboxylic acids is 1. The minimum absolute atomic E-state index is 0.0330. The number of anilines is 1. The van der Waals surface area contributed by atoms with Crippen LogP contribution in [0.2, 0.25) is 0 Å². The zero-order chi connectivity index (χ0) is 20.2. The molecule has 1 aromatic heterocycles. The van der Waals surface area contributed by atoms with Gasteiger partial charge in [-0.3, -0.25) is 10.1 Å². The third-order valence-corrected chi connectivity index (χ3v) is 4.01. The van der Waals surface area contributed by atoms with E-state index in [2.05, 4.69) is 17.2 Å². The molecule has 0 spiro atoms. The van der Waals surface area contributed by atoms with Crippen molar-refractivity contribution in [2.45, 2.75) is 32.6 Å². The Hall–Kier alpha value is -3.16. The summed E-state index contributed by atoms with van der Waals surface area (Å²) in [6.07, 6.45) is 4.65. The van der Waals surface area contributed by atoms with Gasteiger partial charge in [0.2, 0.25) is 0 Å². The van der Waals surface area contributed by atoms with Crippen LogP contribution in [0, 0.1) is 10.1 Å². The number of esters is 1. The number of aromatic nitrogens is 1. The summed E-state index contributed by atoms with van der Waals surface area (Å²) >= 11 is 0. The second kappa shape index (κ2) is 11.5. The Morgan fingerprint density at radius 1 is 1.21 bits per heavy atom. The highest BCUT2D eigenvalue weighted by molar-refractivity contribution is 5.71. The predicted octanol–water partition coefficient (Wildman–Crippen LogP) is 3.76. The largest absolute Gasteiger partial charge is 0.482 e. The summed E-state index contributed by atoms with van der Waals surface area (Å²) in [7, 11) is 0. The van der Waals surface area contributed by atoms with Gasteiger partial charge in [0.25, 0.3) is 5.69 Å². The summed E-state index contributed by atoms with van der Waals surface area (Å²) in [5.41, 5.74) is 1.12. The normalized spacial score (nSPS) is 10.3. The summed E-state index contributed by atoms with van der Waals surface area (Å²) in [6.45, 7) is 3.01. The van der Waals surface area contributed by atoms with E-state index in [0.717, 1.165) is 31.2 Å². The van der Waals surface area contributed by atoms with Gasteiger partial charge < -0.3 is 14.8 Å².